The van der Waals surface area contributed by atoms with E-state index >= 15 is 0 Å². The van der Waals surface area contributed by atoms with E-state index in [1.807, 2.05) is 36.4 Å². The molecular weight excluding hydrogens is 422 g/mol. The smallest absolute Gasteiger partial charge is 0.121 e. The van der Waals surface area contributed by atoms with Crippen LogP contribution in [0.1, 0.15) is 28.4 Å². The average molecular weight is 454 g/mol. The molecular formula is C26H31NO6. The molecule has 3 aromatic carbocycles. The summed E-state index contributed by atoms with van der Waals surface area (Å²) in [5.41, 5.74) is 3.20. The van der Waals surface area contributed by atoms with Crippen LogP contribution >= 0.6 is 0 Å². The summed E-state index contributed by atoms with van der Waals surface area (Å²) >= 11 is 0. The summed E-state index contributed by atoms with van der Waals surface area (Å²) < 4.78 is 11.3. The maximum absolute atomic E-state index is 10.3. The Morgan fingerprint density at radius 2 is 1.58 bits per heavy atom. The van der Waals surface area contributed by atoms with Gasteiger partial charge >= 0.3 is 0 Å². The fourth-order valence-corrected chi connectivity index (χ4v) is 3.28. The number of nitrogens with one attached hydrogen (secondary N) is 1. The molecule has 0 aliphatic carbocycles. The summed E-state index contributed by atoms with van der Waals surface area (Å²) in [5, 5.41) is 41.6. The van der Waals surface area contributed by atoms with Crippen molar-refractivity contribution in [3.63, 3.8) is 0 Å². The molecule has 0 saturated carbocycles. The van der Waals surface area contributed by atoms with Gasteiger partial charge in [-0.15, -0.1) is 0 Å². The highest BCUT2D eigenvalue weighted by atomic mass is 16.5. The van der Waals surface area contributed by atoms with E-state index in [0.29, 0.717) is 44.0 Å². The van der Waals surface area contributed by atoms with Crippen LogP contribution in [0.3, 0.4) is 0 Å². The lowest BCUT2D eigenvalue weighted by Crippen LogP contribution is -2.23. The van der Waals surface area contributed by atoms with Gasteiger partial charge in [-0.05, 0) is 66.1 Å². The minimum absolute atomic E-state index is 0.0236. The zero-order valence-electron chi connectivity index (χ0n) is 18.5. The Bertz CT molecular complexity index is 975. The highest BCUT2D eigenvalue weighted by molar-refractivity contribution is 5.36. The summed E-state index contributed by atoms with van der Waals surface area (Å²) in [5.74, 6) is 1.04. The molecule has 0 aliphatic heterocycles. The van der Waals surface area contributed by atoms with Gasteiger partial charge in [0.15, 0.2) is 0 Å². The van der Waals surface area contributed by atoms with Crippen LogP contribution < -0.4 is 10.1 Å². The van der Waals surface area contributed by atoms with Crippen LogP contribution in [-0.4, -0.2) is 46.7 Å². The Morgan fingerprint density at radius 1 is 0.848 bits per heavy atom. The Kier molecular flexibility index (Phi) is 9.53. The van der Waals surface area contributed by atoms with Gasteiger partial charge < -0.3 is 35.2 Å². The van der Waals surface area contributed by atoms with Gasteiger partial charge in [-0.1, -0.05) is 30.3 Å². The minimum atomic E-state index is -0.720. The molecule has 7 nitrogen and oxygen atoms in total. The molecule has 0 saturated heterocycles. The van der Waals surface area contributed by atoms with Crippen molar-refractivity contribution in [1.82, 2.24) is 5.32 Å². The predicted molar refractivity (Wildman–Crippen MR) is 125 cm³/mol. The van der Waals surface area contributed by atoms with E-state index in [2.05, 4.69) is 5.32 Å². The number of hydrogen-bond donors (Lipinski definition) is 5. The van der Waals surface area contributed by atoms with Crippen LogP contribution in [0.15, 0.2) is 66.7 Å². The van der Waals surface area contributed by atoms with Crippen LogP contribution in [0.4, 0.5) is 0 Å². The second kappa shape index (κ2) is 12.8. The third kappa shape index (κ3) is 8.07. The van der Waals surface area contributed by atoms with Gasteiger partial charge in [0.05, 0.1) is 25.9 Å². The summed E-state index contributed by atoms with van der Waals surface area (Å²) in [7, 11) is 0. The number of hydrogen-bond acceptors (Lipinski definition) is 7. The van der Waals surface area contributed by atoms with Crippen molar-refractivity contribution < 1.29 is 29.9 Å². The van der Waals surface area contributed by atoms with Gasteiger partial charge in [-0.3, -0.25) is 0 Å². The lowest BCUT2D eigenvalue weighted by atomic mass is 10.1. The minimum Gasteiger partial charge on any atom is -0.508 e. The molecule has 0 heterocycles. The SMILES string of the molecule is OCc1cc([C@@H](O)CNCCc2ccc(OCCOCc3ccc(O)cc3)cc2)ccc1O. The number of phenols is 2. The number of phenolic OH excluding ortho intramolecular Hbond substituents is 1. The highest BCUT2D eigenvalue weighted by Gasteiger charge is 2.10. The Labute approximate surface area is 193 Å². The number of benzene rings is 3. The molecule has 0 radical (unpaired) electrons. The molecule has 0 aromatic heterocycles. The first-order valence-electron chi connectivity index (χ1n) is 10.9. The first kappa shape index (κ1) is 24.5. The molecule has 0 aliphatic rings. The quantitative estimate of drug-likeness (QED) is 0.253. The topological polar surface area (TPSA) is 111 Å². The molecule has 3 aromatic rings. The Morgan fingerprint density at radius 3 is 2.30 bits per heavy atom. The molecule has 7 heteroatoms. The monoisotopic (exact) mass is 453 g/mol. The van der Waals surface area contributed by atoms with Crippen molar-refractivity contribution >= 4 is 0 Å². The van der Waals surface area contributed by atoms with Gasteiger partial charge in [0.1, 0.15) is 23.9 Å². The fourth-order valence-electron chi connectivity index (χ4n) is 3.28. The second-order valence-electron chi connectivity index (χ2n) is 7.73. The van der Waals surface area contributed by atoms with Crippen molar-refractivity contribution in [1.29, 1.82) is 0 Å². The van der Waals surface area contributed by atoms with Crippen molar-refractivity contribution in [3.8, 4) is 17.2 Å². The lowest BCUT2D eigenvalue weighted by Gasteiger charge is -2.14. The Hall–Kier alpha value is -3.10. The van der Waals surface area contributed by atoms with E-state index in [1.54, 1.807) is 24.3 Å². The number of aliphatic hydroxyl groups excluding tert-OH is 2. The van der Waals surface area contributed by atoms with Crippen LogP contribution in [0.5, 0.6) is 17.2 Å². The molecule has 33 heavy (non-hydrogen) atoms. The molecule has 3 rings (SSSR count). The second-order valence-corrected chi connectivity index (χ2v) is 7.73. The average Bonchev–Trinajstić information content (AvgIpc) is 2.84. The van der Waals surface area contributed by atoms with Gasteiger partial charge in [0, 0.05) is 12.1 Å². The molecule has 1 atom stereocenters. The lowest BCUT2D eigenvalue weighted by molar-refractivity contribution is 0.0889. The number of rotatable bonds is 13. The van der Waals surface area contributed by atoms with Crippen molar-refractivity contribution in [3.05, 3.63) is 89.0 Å². The molecule has 0 bridgehead atoms. The first-order valence-corrected chi connectivity index (χ1v) is 10.9. The van der Waals surface area contributed by atoms with E-state index in [-0.39, 0.29) is 18.1 Å². The van der Waals surface area contributed by atoms with Crippen LogP contribution in [0.2, 0.25) is 0 Å². The third-order valence-corrected chi connectivity index (χ3v) is 5.21. The van der Waals surface area contributed by atoms with Crippen LogP contribution in [0.25, 0.3) is 0 Å². The van der Waals surface area contributed by atoms with Crippen LogP contribution in [-0.2, 0) is 24.4 Å². The van der Waals surface area contributed by atoms with Crippen LogP contribution in [0, 0.1) is 0 Å². The van der Waals surface area contributed by atoms with Gasteiger partial charge in [-0.2, -0.15) is 0 Å². The fraction of sp³-hybridized carbons (Fsp3) is 0.308. The summed E-state index contributed by atoms with van der Waals surface area (Å²) in [6.45, 7) is 2.20. The van der Waals surface area contributed by atoms with E-state index in [9.17, 15) is 20.4 Å². The van der Waals surface area contributed by atoms with Crippen molar-refractivity contribution in [2.75, 3.05) is 26.3 Å². The molecule has 0 amide bonds. The predicted octanol–water partition coefficient (Wildman–Crippen LogP) is 3.05. The highest BCUT2D eigenvalue weighted by Crippen LogP contribution is 2.22. The number of aromatic hydroxyl groups is 2. The van der Waals surface area contributed by atoms with Crippen molar-refractivity contribution in [2.45, 2.75) is 25.7 Å². The van der Waals surface area contributed by atoms with Gasteiger partial charge in [0.2, 0.25) is 0 Å². The maximum atomic E-state index is 10.3. The largest absolute Gasteiger partial charge is 0.508 e. The summed E-state index contributed by atoms with van der Waals surface area (Å²) in [6, 6.07) is 19.5. The normalized spacial score (nSPS) is 11.9. The zero-order chi connectivity index (χ0) is 23.5. The van der Waals surface area contributed by atoms with Gasteiger partial charge in [0.25, 0.3) is 0 Å². The van der Waals surface area contributed by atoms with E-state index < -0.39 is 6.10 Å². The summed E-state index contributed by atoms with van der Waals surface area (Å²) in [4.78, 5) is 0. The third-order valence-electron chi connectivity index (χ3n) is 5.21. The first-order chi connectivity index (χ1) is 16.0. The van der Waals surface area contributed by atoms with Gasteiger partial charge in [-0.25, -0.2) is 0 Å². The van der Waals surface area contributed by atoms with Crippen molar-refractivity contribution in [2.24, 2.45) is 0 Å². The standard InChI is InChI=1S/C26H31NO6/c28-17-22-15-21(5-10-25(22)30)26(31)16-27-12-11-19-3-8-24(9-4-19)33-14-13-32-18-20-1-6-23(29)7-2-20/h1-10,15,26-31H,11-14,16-18H2/t26-/m0/s1. The summed E-state index contributed by atoms with van der Waals surface area (Å²) in [6.07, 6.45) is 0.0863. The molecule has 0 spiro atoms. The van der Waals surface area contributed by atoms with E-state index in [0.717, 1.165) is 23.3 Å². The van der Waals surface area contributed by atoms with E-state index in [1.165, 1.54) is 6.07 Å². The number of ether oxygens (including phenoxy) is 2. The number of aliphatic hydroxyl groups is 2. The molecule has 5 N–H and O–H groups in total. The molecule has 176 valence electrons. The zero-order valence-corrected chi connectivity index (χ0v) is 18.5. The molecule has 0 unspecified atom stereocenters. The van der Waals surface area contributed by atoms with E-state index in [4.69, 9.17) is 9.47 Å². The Balaban J connectivity index is 1.30. The maximum Gasteiger partial charge on any atom is 0.121 e. The molecule has 0 fully saturated rings.